The molecule has 2 aliphatic rings. The first kappa shape index (κ1) is 11.4. The molecular weight excluding hydrogens is 184 g/mol. The Balaban J connectivity index is 1.77. The van der Waals surface area contributed by atoms with Crippen LogP contribution in [0.3, 0.4) is 0 Å². The fourth-order valence-electron chi connectivity index (χ4n) is 3.36. The van der Waals surface area contributed by atoms with Gasteiger partial charge in [-0.15, -0.1) is 0 Å². The molecule has 0 radical (unpaired) electrons. The maximum absolute atomic E-state index is 5.96. The van der Waals surface area contributed by atoms with Crippen LogP contribution in [0.4, 0.5) is 0 Å². The third-order valence-electron chi connectivity index (χ3n) is 4.09. The van der Waals surface area contributed by atoms with E-state index in [0.29, 0.717) is 11.5 Å². The summed E-state index contributed by atoms with van der Waals surface area (Å²) >= 11 is 0. The van der Waals surface area contributed by atoms with E-state index in [2.05, 4.69) is 26.1 Å². The molecule has 2 fully saturated rings. The van der Waals surface area contributed by atoms with Crippen molar-refractivity contribution in [3.8, 4) is 0 Å². The number of nitrogens with two attached hydrogens (primary N) is 1. The minimum atomic E-state index is 0.275. The first-order valence-corrected chi connectivity index (χ1v) is 6.42. The second kappa shape index (κ2) is 3.74. The number of rotatable bonds is 1. The molecule has 2 heteroatoms. The molecular formula is C13H26N2. The lowest BCUT2D eigenvalue weighted by Crippen LogP contribution is -2.56. The van der Waals surface area contributed by atoms with Crippen LogP contribution >= 0.6 is 0 Å². The average molecular weight is 210 g/mol. The highest BCUT2D eigenvalue weighted by molar-refractivity contribution is 5.01. The van der Waals surface area contributed by atoms with Gasteiger partial charge in [-0.2, -0.15) is 0 Å². The van der Waals surface area contributed by atoms with Crippen molar-refractivity contribution in [1.29, 1.82) is 0 Å². The van der Waals surface area contributed by atoms with Gasteiger partial charge in [0, 0.05) is 17.6 Å². The Morgan fingerprint density at radius 1 is 1.13 bits per heavy atom. The molecule has 2 saturated carbocycles. The molecule has 2 rings (SSSR count). The van der Waals surface area contributed by atoms with Gasteiger partial charge in [-0.3, -0.25) is 0 Å². The molecule has 15 heavy (non-hydrogen) atoms. The van der Waals surface area contributed by atoms with Gasteiger partial charge in [-0.05, 0) is 64.7 Å². The lowest BCUT2D eigenvalue weighted by Gasteiger charge is -2.53. The lowest BCUT2D eigenvalue weighted by molar-refractivity contribution is 0.0231. The zero-order valence-electron chi connectivity index (χ0n) is 10.5. The van der Waals surface area contributed by atoms with Crippen LogP contribution in [0.1, 0.15) is 59.3 Å². The zero-order chi connectivity index (χ0) is 11.1. The summed E-state index contributed by atoms with van der Waals surface area (Å²) < 4.78 is 0. The fourth-order valence-corrected chi connectivity index (χ4v) is 3.36. The summed E-state index contributed by atoms with van der Waals surface area (Å²) in [7, 11) is 0. The number of hydrogen-bond donors (Lipinski definition) is 2. The van der Waals surface area contributed by atoms with Gasteiger partial charge in [0.25, 0.3) is 0 Å². The van der Waals surface area contributed by atoms with E-state index in [4.69, 9.17) is 5.73 Å². The third-order valence-corrected chi connectivity index (χ3v) is 4.09. The largest absolute Gasteiger partial charge is 0.328 e. The predicted octanol–water partition coefficient (Wildman–Crippen LogP) is 2.42. The molecule has 0 bridgehead atoms. The van der Waals surface area contributed by atoms with Gasteiger partial charge in [-0.25, -0.2) is 0 Å². The average Bonchev–Trinajstić information content (AvgIpc) is 2.04. The Morgan fingerprint density at radius 2 is 1.67 bits per heavy atom. The van der Waals surface area contributed by atoms with Crippen LogP contribution in [-0.2, 0) is 0 Å². The van der Waals surface area contributed by atoms with Crippen molar-refractivity contribution in [1.82, 2.24) is 5.32 Å². The van der Waals surface area contributed by atoms with Gasteiger partial charge >= 0.3 is 0 Å². The van der Waals surface area contributed by atoms with Gasteiger partial charge in [0.2, 0.25) is 0 Å². The zero-order valence-corrected chi connectivity index (χ0v) is 10.5. The molecule has 0 aromatic rings. The summed E-state index contributed by atoms with van der Waals surface area (Å²) in [6.07, 6.45) is 8.02. The van der Waals surface area contributed by atoms with Crippen molar-refractivity contribution < 1.29 is 0 Å². The summed E-state index contributed by atoms with van der Waals surface area (Å²) in [6, 6.07) is 1.25. The highest BCUT2D eigenvalue weighted by atomic mass is 15.0. The van der Waals surface area contributed by atoms with Gasteiger partial charge < -0.3 is 11.1 Å². The van der Waals surface area contributed by atoms with E-state index in [9.17, 15) is 0 Å². The Labute approximate surface area is 94.0 Å². The van der Waals surface area contributed by atoms with E-state index in [1.54, 1.807) is 0 Å². The topological polar surface area (TPSA) is 38.0 Å². The van der Waals surface area contributed by atoms with E-state index in [0.717, 1.165) is 6.04 Å². The van der Waals surface area contributed by atoms with E-state index in [1.165, 1.54) is 38.5 Å². The van der Waals surface area contributed by atoms with E-state index >= 15 is 0 Å². The van der Waals surface area contributed by atoms with Gasteiger partial charge in [0.1, 0.15) is 0 Å². The van der Waals surface area contributed by atoms with Crippen molar-refractivity contribution in [3.63, 3.8) is 0 Å². The maximum Gasteiger partial charge on any atom is 0.00991 e. The quantitative estimate of drug-likeness (QED) is 0.697. The third kappa shape index (κ3) is 2.73. The Hall–Kier alpha value is -0.0800. The van der Waals surface area contributed by atoms with Crippen molar-refractivity contribution in [2.45, 2.75) is 76.9 Å². The summed E-state index contributed by atoms with van der Waals surface area (Å²) in [6.45, 7) is 6.78. The highest BCUT2D eigenvalue weighted by Gasteiger charge is 2.46. The molecule has 88 valence electrons. The molecule has 0 heterocycles. The van der Waals surface area contributed by atoms with E-state index < -0.39 is 0 Å². The van der Waals surface area contributed by atoms with Crippen molar-refractivity contribution in [2.24, 2.45) is 11.1 Å². The van der Waals surface area contributed by atoms with Crippen LogP contribution in [-0.4, -0.2) is 17.6 Å². The molecule has 0 atom stereocenters. The Morgan fingerprint density at radius 3 is 2.13 bits per heavy atom. The molecule has 0 unspecified atom stereocenters. The van der Waals surface area contributed by atoms with Gasteiger partial charge in [0.15, 0.2) is 0 Å². The van der Waals surface area contributed by atoms with Crippen LogP contribution < -0.4 is 11.1 Å². The molecule has 0 aromatic heterocycles. The smallest absolute Gasteiger partial charge is 0.00991 e. The Kier molecular flexibility index (Phi) is 2.85. The van der Waals surface area contributed by atoms with Crippen LogP contribution in [0.25, 0.3) is 0 Å². The van der Waals surface area contributed by atoms with E-state index in [-0.39, 0.29) is 5.54 Å². The standard InChI is InChI=1S/C13H26N2/c1-12(2,3)15-11-8-13(9-11)6-4-10(14)5-7-13/h10-11,15H,4-9,14H2,1-3H3. The number of hydrogen-bond acceptors (Lipinski definition) is 2. The predicted molar refractivity (Wildman–Crippen MR) is 64.8 cm³/mol. The minimum absolute atomic E-state index is 0.275. The molecule has 2 nitrogen and oxygen atoms in total. The molecule has 0 aromatic carbocycles. The van der Waals surface area contributed by atoms with Crippen LogP contribution in [0.15, 0.2) is 0 Å². The minimum Gasteiger partial charge on any atom is -0.328 e. The highest BCUT2D eigenvalue weighted by Crippen LogP contribution is 2.51. The van der Waals surface area contributed by atoms with Crippen LogP contribution in [0.5, 0.6) is 0 Å². The normalized spacial score (nSPS) is 41.6. The van der Waals surface area contributed by atoms with Gasteiger partial charge in [0.05, 0.1) is 0 Å². The summed E-state index contributed by atoms with van der Waals surface area (Å²) in [5, 5.41) is 3.71. The lowest BCUT2D eigenvalue weighted by atomic mass is 9.57. The maximum atomic E-state index is 5.96. The molecule has 0 aliphatic heterocycles. The first-order valence-electron chi connectivity index (χ1n) is 6.42. The molecule has 0 saturated heterocycles. The summed E-state index contributed by atoms with van der Waals surface area (Å²) in [5.74, 6) is 0. The second-order valence-corrected chi connectivity index (χ2v) is 6.84. The second-order valence-electron chi connectivity index (χ2n) is 6.84. The fraction of sp³-hybridized carbons (Fsp3) is 1.00. The summed E-state index contributed by atoms with van der Waals surface area (Å²) in [5.41, 5.74) is 6.91. The van der Waals surface area contributed by atoms with Crippen molar-refractivity contribution in [3.05, 3.63) is 0 Å². The van der Waals surface area contributed by atoms with Gasteiger partial charge in [-0.1, -0.05) is 0 Å². The molecule has 0 amide bonds. The van der Waals surface area contributed by atoms with Crippen LogP contribution in [0, 0.1) is 5.41 Å². The van der Waals surface area contributed by atoms with Crippen LogP contribution in [0.2, 0.25) is 0 Å². The molecule has 2 aliphatic carbocycles. The van der Waals surface area contributed by atoms with Crippen molar-refractivity contribution in [2.75, 3.05) is 0 Å². The Bertz CT molecular complexity index is 213. The number of nitrogens with one attached hydrogen (secondary N) is 1. The molecule has 1 spiro atoms. The van der Waals surface area contributed by atoms with Crippen molar-refractivity contribution >= 4 is 0 Å². The molecule has 3 N–H and O–H groups in total. The monoisotopic (exact) mass is 210 g/mol. The SMILES string of the molecule is CC(C)(C)NC1CC2(CCC(N)CC2)C1. The summed E-state index contributed by atoms with van der Waals surface area (Å²) in [4.78, 5) is 0. The van der Waals surface area contributed by atoms with E-state index in [1.807, 2.05) is 0 Å². The first-order chi connectivity index (χ1) is 6.89.